The van der Waals surface area contributed by atoms with Crippen molar-refractivity contribution in [2.75, 3.05) is 12.8 Å². The van der Waals surface area contributed by atoms with E-state index < -0.39 is 10.0 Å². The highest BCUT2D eigenvalue weighted by atomic mass is 32.2. The molecule has 1 fully saturated rings. The molecule has 0 spiro atoms. The minimum atomic E-state index is -3.49. The SMILES string of the molecule is CCC1CCC(N(C)S(=O)(=O)c2ccccc2N)CC1. The Hall–Kier alpha value is -1.07. The minimum Gasteiger partial charge on any atom is -0.398 e. The Morgan fingerprint density at radius 3 is 2.35 bits per heavy atom. The summed E-state index contributed by atoms with van der Waals surface area (Å²) in [4.78, 5) is 0.222. The van der Waals surface area contributed by atoms with E-state index in [2.05, 4.69) is 6.92 Å². The van der Waals surface area contributed by atoms with Crippen LogP contribution in [0.5, 0.6) is 0 Å². The molecule has 0 amide bonds. The van der Waals surface area contributed by atoms with Gasteiger partial charge in [-0.25, -0.2) is 8.42 Å². The second-order valence-electron chi connectivity index (χ2n) is 5.64. The van der Waals surface area contributed by atoms with E-state index in [1.54, 1.807) is 31.3 Å². The Kier molecular flexibility index (Phi) is 4.70. The van der Waals surface area contributed by atoms with Crippen molar-refractivity contribution in [3.63, 3.8) is 0 Å². The number of hydrogen-bond donors (Lipinski definition) is 1. The van der Waals surface area contributed by atoms with E-state index >= 15 is 0 Å². The number of sulfonamides is 1. The van der Waals surface area contributed by atoms with Crippen molar-refractivity contribution in [1.82, 2.24) is 4.31 Å². The molecule has 0 aromatic heterocycles. The fourth-order valence-corrected chi connectivity index (χ4v) is 4.51. The summed E-state index contributed by atoms with van der Waals surface area (Å²) in [5, 5.41) is 0. The molecule has 0 heterocycles. The van der Waals surface area contributed by atoms with Crippen molar-refractivity contribution in [3.05, 3.63) is 24.3 Å². The van der Waals surface area contributed by atoms with E-state index in [1.807, 2.05) is 0 Å². The van der Waals surface area contributed by atoms with Crippen molar-refractivity contribution in [3.8, 4) is 0 Å². The highest BCUT2D eigenvalue weighted by Gasteiger charge is 2.31. The van der Waals surface area contributed by atoms with Crippen molar-refractivity contribution >= 4 is 15.7 Å². The molecule has 112 valence electrons. The smallest absolute Gasteiger partial charge is 0.245 e. The zero-order chi connectivity index (χ0) is 14.8. The Bertz CT molecular complexity index is 549. The maximum Gasteiger partial charge on any atom is 0.245 e. The number of anilines is 1. The lowest BCUT2D eigenvalue weighted by Crippen LogP contribution is -2.39. The summed E-state index contributed by atoms with van der Waals surface area (Å²) in [6, 6.07) is 6.78. The summed E-state index contributed by atoms with van der Waals surface area (Å²) in [6.45, 7) is 2.20. The third kappa shape index (κ3) is 2.99. The van der Waals surface area contributed by atoms with Crippen LogP contribution >= 0.6 is 0 Å². The largest absolute Gasteiger partial charge is 0.398 e. The van der Waals surface area contributed by atoms with Gasteiger partial charge in [0.05, 0.1) is 5.69 Å². The first-order valence-electron chi connectivity index (χ1n) is 7.29. The summed E-state index contributed by atoms with van der Waals surface area (Å²) >= 11 is 0. The molecule has 0 atom stereocenters. The molecule has 0 radical (unpaired) electrons. The maximum atomic E-state index is 12.6. The molecule has 0 unspecified atom stereocenters. The summed E-state index contributed by atoms with van der Waals surface area (Å²) < 4.78 is 26.8. The molecule has 0 bridgehead atoms. The summed E-state index contributed by atoms with van der Waals surface area (Å²) in [5.74, 6) is 0.754. The van der Waals surface area contributed by atoms with E-state index in [0.717, 1.165) is 31.6 Å². The van der Waals surface area contributed by atoms with E-state index in [4.69, 9.17) is 5.73 Å². The number of benzene rings is 1. The van der Waals surface area contributed by atoms with Crippen LogP contribution in [0.1, 0.15) is 39.0 Å². The Balaban J connectivity index is 2.16. The van der Waals surface area contributed by atoms with Crippen LogP contribution in [0.2, 0.25) is 0 Å². The number of para-hydroxylation sites is 1. The molecule has 1 aromatic carbocycles. The van der Waals surface area contributed by atoms with Crippen LogP contribution in [0.3, 0.4) is 0 Å². The van der Waals surface area contributed by atoms with Gasteiger partial charge in [-0.1, -0.05) is 25.5 Å². The highest BCUT2D eigenvalue weighted by Crippen LogP contribution is 2.32. The average Bonchev–Trinajstić information content (AvgIpc) is 2.47. The van der Waals surface area contributed by atoms with Gasteiger partial charge in [0.1, 0.15) is 4.90 Å². The van der Waals surface area contributed by atoms with Gasteiger partial charge in [0.25, 0.3) is 0 Å². The summed E-state index contributed by atoms with van der Waals surface area (Å²) in [5.41, 5.74) is 6.13. The quantitative estimate of drug-likeness (QED) is 0.869. The number of nitrogen functional groups attached to an aromatic ring is 1. The third-order valence-electron chi connectivity index (χ3n) is 4.48. The first-order valence-corrected chi connectivity index (χ1v) is 8.73. The van der Waals surface area contributed by atoms with Crippen LogP contribution in [-0.2, 0) is 10.0 Å². The number of hydrogen-bond acceptors (Lipinski definition) is 3. The lowest BCUT2D eigenvalue weighted by Gasteiger charge is -2.33. The first-order chi connectivity index (χ1) is 9.46. The molecular formula is C15H24N2O2S. The monoisotopic (exact) mass is 296 g/mol. The van der Waals surface area contributed by atoms with Gasteiger partial charge < -0.3 is 5.73 Å². The van der Waals surface area contributed by atoms with Crippen molar-refractivity contribution in [1.29, 1.82) is 0 Å². The topological polar surface area (TPSA) is 63.4 Å². The molecule has 1 saturated carbocycles. The lowest BCUT2D eigenvalue weighted by molar-refractivity contribution is 0.233. The molecule has 1 aliphatic carbocycles. The van der Waals surface area contributed by atoms with Gasteiger partial charge in [-0.05, 0) is 43.7 Å². The van der Waals surface area contributed by atoms with Gasteiger partial charge in [-0.15, -0.1) is 0 Å². The zero-order valence-electron chi connectivity index (χ0n) is 12.2. The van der Waals surface area contributed by atoms with Crippen molar-refractivity contribution in [2.24, 2.45) is 5.92 Å². The normalized spacial score (nSPS) is 23.9. The highest BCUT2D eigenvalue weighted by molar-refractivity contribution is 7.89. The maximum absolute atomic E-state index is 12.6. The van der Waals surface area contributed by atoms with Crippen LogP contribution in [0.25, 0.3) is 0 Å². The minimum absolute atomic E-state index is 0.0995. The van der Waals surface area contributed by atoms with Gasteiger partial charge in [0.15, 0.2) is 0 Å². The van der Waals surface area contributed by atoms with Crippen molar-refractivity contribution < 1.29 is 8.42 Å². The fraction of sp³-hybridized carbons (Fsp3) is 0.600. The average molecular weight is 296 g/mol. The predicted molar refractivity (Wildman–Crippen MR) is 81.8 cm³/mol. The second kappa shape index (κ2) is 6.14. The number of nitrogens with two attached hydrogens (primary N) is 1. The van der Waals surface area contributed by atoms with Crippen LogP contribution in [0.4, 0.5) is 5.69 Å². The molecule has 2 rings (SSSR count). The molecule has 4 nitrogen and oxygen atoms in total. The zero-order valence-corrected chi connectivity index (χ0v) is 13.1. The Morgan fingerprint density at radius 2 is 1.80 bits per heavy atom. The molecule has 0 aliphatic heterocycles. The predicted octanol–water partition coefficient (Wildman–Crippen LogP) is 2.86. The molecule has 1 aromatic rings. The second-order valence-corrected chi connectivity index (χ2v) is 7.61. The van der Waals surface area contributed by atoms with Crippen LogP contribution < -0.4 is 5.73 Å². The standard InChI is InChI=1S/C15H24N2O2S/c1-3-12-8-10-13(11-9-12)17(2)20(18,19)15-7-5-4-6-14(15)16/h4-7,12-13H,3,8-11,16H2,1-2H3. The van der Waals surface area contributed by atoms with E-state index in [-0.39, 0.29) is 10.9 Å². The fourth-order valence-electron chi connectivity index (χ4n) is 2.98. The van der Waals surface area contributed by atoms with Gasteiger partial charge >= 0.3 is 0 Å². The van der Waals surface area contributed by atoms with Gasteiger partial charge in [0.2, 0.25) is 10.0 Å². The van der Waals surface area contributed by atoms with Gasteiger partial charge in [-0.3, -0.25) is 0 Å². The van der Waals surface area contributed by atoms with Crippen LogP contribution in [0.15, 0.2) is 29.2 Å². The van der Waals surface area contributed by atoms with Crippen LogP contribution in [-0.4, -0.2) is 25.8 Å². The van der Waals surface area contributed by atoms with Crippen LogP contribution in [0, 0.1) is 5.92 Å². The molecule has 5 heteroatoms. The molecule has 2 N–H and O–H groups in total. The lowest BCUT2D eigenvalue weighted by atomic mass is 9.85. The molecular weight excluding hydrogens is 272 g/mol. The number of rotatable bonds is 4. The van der Waals surface area contributed by atoms with E-state index in [9.17, 15) is 8.42 Å². The first kappa shape index (κ1) is 15.3. The Labute approximate surface area is 122 Å². The molecule has 20 heavy (non-hydrogen) atoms. The van der Waals surface area contributed by atoms with Gasteiger partial charge in [-0.2, -0.15) is 4.31 Å². The number of nitrogens with zero attached hydrogens (tertiary/aromatic N) is 1. The molecule has 1 aliphatic rings. The Morgan fingerprint density at radius 1 is 1.20 bits per heavy atom. The third-order valence-corrected chi connectivity index (χ3v) is 6.47. The van der Waals surface area contributed by atoms with E-state index in [1.165, 1.54) is 10.7 Å². The summed E-state index contributed by atoms with van der Waals surface area (Å²) in [6.07, 6.45) is 5.31. The van der Waals surface area contributed by atoms with Gasteiger partial charge in [0, 0.05) is 13.1 Å². The molecule has 0 saturated heterocycles. The summed E-state index contributed by atoms with van der Waals surface area (Å²) in [7, 11) is -1.81. The van der Waals surface area contributed by atoms with Crippen molar-refractivity contribution in [2.45, 2.75) is 50.0 Å². The van der Waals surface area contributed by atoms with E-state index in [0.29, 0.717) is 5.69 Å².